The number of ether oxygens (including phenoxy) is 3. The van der Waals surface area contributed by atoms with Gasteiger partial charge in [0, 0.05) is 6.54 Å². The Bertz CT molecular complexity index is 801. The molecule has 0 spiro atoms. The maximum Gasteiger partial charge on any atom is 0.258 e. The molecule has 0 unspecified atom stereocenters. The number of amides is 1. The summed E-state index contributed by atoms with van der Waals surface area (Å²) in [4.78, 5) is 12.3. The van der Waals surface area contributed by atoms with Crippen molar-refractivity contribution in [3.05, 3.63) is 53.1 Å². The molecule has 29 heavy (non-hydrogen) atoms. The average molecular weight is 400 g/mol. The maximum absolute atomic E-state index is 12.3. The number of carbonyl (C=O) groups is 1. The molecule has 0 bridgehead atoms. The van der Waals surface area contributed by atoms with Crippen molar-refractivity contribution in [3.8, 4) is 17.2 Å². The fourth-order valence-corrected chi connectivity index (χ4v) is 2.91. The molecular weight excluding hydrogens is 366 g/mol. The third-order valence-corrected chi connectivity index (χ3v) is 4.62. The van der Waals surface area contributed by atoms with E-state index in [1.807, 2.05) is 31.2 Å². The summed E-state index contributed by atoms with van der Waals surface area (Å²) in [5.41, 5.74) is 3.15. The van der Waals surface area contributed by atoms with E-state index in [0.29, 0.717) is 24.8 Å². The second-order valence-electron chi connectivity index (χ2n) is 7.45. The minimum absolute atomic E-state index is 0.0154. The minimum Gasteiger partial charge on any atom is -0.493 e. The molecule has 0 aromatic heterocycles. The molecule has 5 nitrogen and oxygen atoms in total. The van der Waals surface area contributed by atoms with Crippen molar-refractivity contribution < 1.29 is 19.0 Å². The van der Waals surface area contributed by atoms with Crippen LogP contribution in [0.4, 0.5) is 0 Å². The number of rotatable bonds is 11. The van der Waals surface area contributed by atoms with Crippen LogP contribution in [0.5, 0.6) is 17.2 Å². The minimum atomic E-state index is -0.163. The largest absolute Gasteiger partial charge is 0.493 e. The molecule has 0 radical (unpaired) electrons. The fourth-order valence-electron chi connectivity index (χ4n) is 2.91. The summed E-state index contributed by atoms with van der Waals surface area (Å²) in [5, 5.41) is 2.90. The summed E-state index contributed by atoms with van der Waals surface area (Å²) < 4.78 is 16.9. The van der Waals surface area contributed by atoms with E-state index in [9.17, 15) is 4.79 Å². The molecule has 0 atom stereocenters. The molecule has 5 heteroatoms. The maximum atomic E-state index is 12.3. The van der Waals surface area contributed by atoms with Crippen LogP contribution in [0.15, 0.2) is 36.4 Å². The van der Waals surface area contributed by atoms with Gasteiger partial charge in [0.1, 0.15) is 5.75 Å². The van der Waals surface area contributed by atoms with Gasteiger partial charge in [-0.05, 0) is 54.2 Å². The highest BCUT2D eigenvalue weighted by molar-refractivity contribution is 5.77. The van der Waals surface area contributed by atoms with E-state index in [-0.39, 0.29) is 12.5 Å². The van der Waals surface area contributed by atoms with Crippen molar-refractivity contribution >= 4 is 5.91 Å². The number of hydrogen-bond acceptors (Lipinski definition) is 4. The second kappa shape index (κ2) is 11.3. The molecule has 2 rings (SSSR count). The number of methoxy groups -OCH3 is 1. The predicted molar refractivity (Wildman–Crippen MR) is 116 cm³/mol. The summed E-state index contributed by atoms with van der Waals surface area (Å²) in [6.45, 7) is 9.41. The molecule has 0 saturated carbocycles. The molecule has 0 saturated heterocycles. The Labute approximate surface area is 174 Å². The van der Waals surface area contributed by atoms with Crippen molar-refractivity contribution in [3.63, 3.8) is 0 Å². The van der Waals surface area contributed by atoms with Gasteiger partial charge >= 0.3 is 0 Å². The van der Waals surface area contributed by atoms with Crippen LogP contribution in [0.25, 0.3) is 0 Å². The molecule has 0 aliphatic heterocycles. The first-order valence-corrected chi connectivity index (χ1v) is 10.2. The van der Waals surface area contributed by atoms with Gasteiger partial charge in [-0.3, -0.25) is 4.79 Å². The van der Waals surface area contributed by atoms with Crippen molar-refractivity contribution in [1.82, 2.24) is 5.32 Å². The van der Waals surface area contributed by atoms with Gasteiger partial charge in [0.25, 0.3) is 5.91 Å². The Morgan fingerprint density at radius 2 is 1.83 bits per heavy atom. The number of hydrogen-bond donors (Lipinski definition) is 1. The van der Waals surface area contributed by atoms with Crippen LogP contribution in [0.1, 0.15) is 56.2 Å². The van der Waals surface area contributed by atoms with Gasteiger partial charge in [0.15, 0.2) is 18.1 Å². The monoisotopic (exact) mass is 399 g/mol. The Balaban J connectivity index is 1.90. The number of carbonyl (C=O) groups excluding carboxylic acids is 1. The second-order valence-corrected chi connectivity index (χ2v) is 7.45. The van der Waals surface area contributed by atoms with Gasteiger partial charge in [-0.25, -0.2) is 0 Å². The predicted octanol–water partition coefficient (Wildman–Crippen LogP) is 5.00. The number of aryl methyl sites for hydroxylation is 1. The van der Waals surface area contributed by atoms with Gasteiger partial charge in [-0.2, -0.15) is 0 Å². The van der Waals surface area contributed by atoms with Crippen LogP contribution in [-0.2, 0) is 11.3 Å². The molecular formula is C24H33NO4. The van der Waals surface area contributed by atoms with Crippen molar-refractivity contribution in [2.24, 2.45) is 0 Å². The van der Waals surface area contributed by atoms with Crippen molar-refractivity contribution in [2.75, 3.05) is 20.3 Å². The average Bonchev–Trinajstić information content (AvgIpc) is 2.71. The first kappa shape index (κ1) is 22.6. The van der Waals surface area contributed by atoms with Crippen molar-refractivity contribution in [2.45, 2.75) is 53.0 Å². The molecule has 2 aromatic carbocycles. The first-order chi connectivity index (χ1) is 13.9. The quantitative estimate of drug-likeness (QED) is 0.540. The summed E-state index contributed by atoms with van der Waals surface area (Å²) >= 11 is 0. The van der Waals surface area contributed by atoms with Gasteiger partial charge in [0.2, 0.25) is 0 Å². The van der Waals surface area contributed by atoms with E-state index in [4.69, 9.17) is 14.2 Å². The third kappa shape index (κ3) is 7.00. The zero-order chi connectivity index (χ0) is 21.2. The summed E-state index contributed by atoms with van der Waals surface area (Å²) in [6, 6.07) is 11.8. The first-order valence-electron chi connectivity index (χ1n) is 10.2. The normalized spacial score (nSPS) is 10.7. The summed E-state index contributed by atoms with van der Waals surface area (Å²) in [7, 11) is 1.62. The molecule has 0 heterocycles. The van der Waals surface area contributed by atoms with E-state index >= 15 is 0 Å². The molecule has 2 aromatic rings. The highest BCUT2D eigenvalue weighted by atomic mass is 16.5. The number of nitrogens with one attached hydrogen (secondary N) is 1. The van der Waals surface area contributed by atoms with E-state index in [1.165, 1.54) is 0 Å². The van der Waals surface area contributed by atoms with E-state index in [1.54, 1.807) is 7.11 Å². The summed E-state index contributed by atoms with van der Waals surface area (Å²) in [6.07, 6.45) is 2.08. The molecule has 0 aliphatic carbocycles. The fraction of sp³-hybridized carbons (Fsp3) is 0.458. The third-order valence-electron chi connectivity index (χ3n) is 4.62. The SMILES string of the molecule is CCCCOc1ccc(CNC(=O)COc2cc(C)ccc2C(C)C)cc1OC. The number of unbranched alkanes of at least 4 members (excludes halogenated alkanes) is 1. The van der Waals surface area contributed by atoms with Gasteiger partial charge < -0.3 is 19.5 Å². The standard InChI is InChI=1S/C24H33NO4/c1-6-7-12-28-21-11-9-19(14-23(21)27-5)15-25-24(26)16-29-22-13-18(4)8-10-20(22)17(2)3/h8-11,13-14,17H,6-7,12,15-16H2,1-5H3,(H,25,26). The topological polar surface area (TPSA) is 56.8 Å². The lowest BCUT2D eigenvalue weighted by Gasteiger charge is -2.15. The zero-order valence-corrected chi connectivity index (χ0v) is 18.2. The van der Waals surface area contributed by atoms with Crippen LogP contribution in [-0.4, -0.2) is 26.2 Å². The smallest absolute Gasteiger partial charge is 0.258 e. The Morgan fingerprint density at radius 3 is 2.52 bits per heavy atom. The van der Waals surface area contributed by atoms with E-state index in [2.05, 4.69) is 38.2 Å². The van der Waals surface area contributed by atoms with Crippen LogP contribution in [0.2, 0.25) is 0 Å². The summed E-state index contributed by atoms with van der Waals surface area (Å²) in [5.74, 6) is 2.33. The number of benzene rings is 2. The molecule has 0 aliphatic rings. The molecule has 1 N–H and O–H groups in total. The Hall–Kier alpha value is -2.69. The molecule has 158 valence electrons. The van der Waals surface area contributed by atoms with Crippen molar-refractivity contribution in [1.29, 1.82) is 0 Å². The lowest BCUT2D eigenvalue weighted by atomic mass is 10.0. The highest BCUT2D eigenvalue weighted by Gasteiger charge is 2.11. The van der Waals surface area contributed by atoms with Crippen LogP contribution >= 0.6 is 0 Å². The molecule has 0 fully saturated rings. The van der Waals surface area contributed by atoms with E-state index < -0.39 is 0 Å². The van der Waals surface area contributed by atoms with Gasteiger partial charge in [0.05, 0.1) is 13.7 Å². The van der Waals surface area contributed by atoms with E-state index in [0.717, 1.165) is 41.0 Å². The Morgan fingerprint density at radius 1 is 1.03 bits per heavy atom. The lowest BCUT2D eigenvalue weighted by Crippen LogP contribution is -2.28. The van der Waals surface area contributed by atoms with Crippen LogP contribution in [0, 0.1) is 6.92 Å². The van der Waals surface area contributed by atoms with Crippen LogP contribution in [0.3, 0.4) is 0 Å². The lowest BCUT2D eigenvalue weighted by molar-refractivity contribution is -0.123. The Kier molecular flexibility index (Phi) is 8.84. The van der Waals surface area contributed by atoms with Gasteiger partial charge in [-0.15, -0.1) is 0 Å². The van der Waals surface area contributed by atoms with Gasteiger partial charge in [-0.1, -0.05) is 45.4 Å². The van der Waals surface area contributed by atoms with Crippen LogP contribution < -0.4 is 19.5 Å². The zero-order valence-electron chi connectivity index (χ0n) is 18.2. The highest BCUT2D eigenvalue weighted by Crippen LogP contribution is 2.29. The molecule has 1 amide bonds.